The summed E-state index contributed by atoms with van der Waals surface area (Å²) in [4.78, 5) is 3.96. The van der Waals surface area contributed by atoms with Gasteiger partial charge in [0.15, 0.2) is 0 Å². The number of aromatic nitrogens is 1. The number of anilines is 1. The number of aliphatic hydroxyl groups excluding tert-OH is 1. The van der Waals surface area contributed by atoms with E-state index >= 15 is 0 Å². The highest BCUT2D eigenvalue weighted by Gasteiger charge is 2.09. The van der Waals surface area contributed by atoms with Crippen molar-refractivity contribution in [2.75, 3.05) is 5.73 Å². The van der Waals surface area contributed by atoms with E-state index in [0.717, 1.165) is 11.1 Å². The lowest BCUT2D eigenvalue weighted by Crippen LogP contribution is -2.00. The number of hydrogen-bond donors (Lipinski definition) is 2. The molecular formula is C12H12N2O. The molecule has 0 saturated heterocycles. The van der Waals surface area contributed by atoms with Crippen LogP contribution in [-0.4, -0.2) is 10.1 Å². The maximum atomic E-state index is 10.0. The van der Waals surface area contributed by atoms with Gasteiger partial charge in [-0.05, 0) is 23.8 Å². The first kappa shape index (κ1) is 9.68. The summed E-state index contributed by atoms with van der Waals surface area (Å²) in [6, 6.07) is 10.8. The normalized spacial score (nSPS) is 12.3. The molecule has 15 heavy (non-hydrogen) atoms. The largest absolute Gasteiger partial charge is 0.399 e. The Labute approximate surface area is 88.2 Å². The minimum absolute atomic E-state index is 0.640. The van der Waals surface area contributed by atoms with Crippen molar-refractivity contribution in [3.05, 3.63) is 59.9 Å². The van der Waals surface area contributed by atoms with Crippen LogP contribution < -0.4 is 5.73 Å². The molecule has 1 unspecified atom stereocenters. The molecule has 0 fully saturated rings. The van der Waals surface area contributed by atoms with Gasteiger partial charge in [0.25, 0.3) is 0 Å². The molecule has 1 aromatic carbocycles. The van der Waals surface area contributed by atoms with Crippen molar-refractivity contribution in [2.45, 2.75) is 6.10 Å². The molecule has 2 aromatic rings. The summed E-state index contributed by atoms with van der Waals surface area (Å²) >= 11 is 0. The monoisotopic (exact) mass is 200 g/mol. The Hall–Kier alpha value is -1.87. The summed E-state index contributed by atoms with van der Waals surface area (Å²) < 4.78 is 0. The van der Waals surface area contributed by atoms with Gasteiger partial charge in [-0.1, -0.05) is 18.2 Å². The van der Waals surface area contributed by atoms with E-state index in [2.05, 4.69) is 4.98 Å². The maximum absolute atomic E-state index is 10.0. The minimum Gasteiger partial charge on any atom is -0.399 e. The highest BCUT2D eigenvalue weighted by Crippen LogP contribution is 2.21. The molecule has 2 rings (SSSR count). The molecular weight excluding hydrogens is 188 g/mol. The van der Waals surface area contributed by atoms with Gasteiger partial charge < -0.3 is 10.8 Å². The second kappa shape index (κ2) is 4.11. The summed E-state index contributed by atoms with van der Waals surface area (Å²) in [5, 5.41) is 10.0. The van der Waals surface area contributed by atoms with Gasteiger partial charge in [-0.2, -0.15) is 0 Å². The molecule has 0 aliphatic heterocycles. The van der Waals surface area contributed by atoms with Crippen molar-refractivity contribution < 1.29 is 5.11 Å². The highest BCUT2D eigenvalue weighted by molar-refractivity contribution is 5.41. The van der Waals surface area contributed by atoms with Gasteiger partial charge >= 0.3 is 0 Å². The lowest BCUT2D eigenvalue weighted by atomic mass is 10.0. The molecule has 0 bridgehead atoms. The second-order valence-electron chi connectivity index (χ2n) is 3.36. The third kappa shape index (κ3) is 2.14. The SMILES string of the molecule is Nc1ccc(C(O)c2cccnc2)cc1. The van der Waals surface area contributed by atoms with E-state index in [-0.39, 0.29) is 0 Å². The molecule has 0 spiro atoms. The standard InChI is InChI=1S/C12H12N2O/c13-11-5-3-9(4-6-11)12(15)10-2-1-7-14-8-10/h1-8,12,15H,13H2. The molecule has 3 N–H and O–H groups in total. The Morgan fingerprint density at radius 3 is 2.40 bits per heavy atom. The van der Waals surface area contributed by atoms with Crippen LogP contribution in [0.3, 0.4) is 0 Å². The second-order valence-corrected chi connectivity index (χ2v) is 3.36. The quantitative estimate of drug-likeness (QED) is 0.726. The van der Waals surface area contributed by atoms with Crippen LogP contribution in [0, 0.1) is 0 Å². The van der Waals surface area contributed by atoms with Crippen LogP contribution in [0.4, 0.5) is 5.69 Å². The molecule has 1 aromatic heterocycles. The van der Waals surface area contributed by atoms with E-state index in [4.69, 9.17) is 5.73 Å². The molecule has 0 radical (unpaired) electrons. The highest BCUT2D eigenvalue weighted by atomic mass is 16.3. The molecule has 0 aliphatic carbocycles. The van der Waals surface area contributed by atoms with Crippen molar-refractivity contribution in [1.82, 2.24) is 4.98 Å². The Morgan fingerprint density at radius 2 is 1.80 bits per heavy atom. The van der Waals surface area contributed by atoms with Crippen LogP contribution in [0.2, 0.25) is 0 Å². The fourth-order valence-corrected chi connectivity index (χ4v) is 1.41. The fourth-order valence-electron chi connectivity index (χ4n) is 1.41. The predicted molar refractivity (Wildman–Crippen MR) is 59.2 cm³/mol. The maximum Gasteiger partial charge on any atom is 0.106 e. The summed E-state index contributed by atoms with van der Waals surface area (Å²) in [5.41, 5.74) is 7.86. The van der Waals surface area contributed by atoms with Crippen LogP contribution in [0.1, 0.15) is 17.2 Å². The van der Waals surface area contributed by atoms with Crippen molar-refractivity contribution in [2.24, 2.45) is 0 Å². The topological polar surface area (TPSA) is 59.1 Å². The van der Waals surface area contributed by atoms with Crippen molar-refractivity contribution >= 4 is 5.69 Å². The van der Waals surface area contributed by atoms with Crippen molar-refractivity contribution in [1.29, 1.82) is 0 Å². The Kier molecular flexibility index (Phi) is 2.65. The molecule has 1 atom stereocenters. The average molecular weight is 200 g/mol. The van der Waals surface area contributed by atoms with E-state index in [1.54, 1.807) is 30.6 Å². The van der Waals surface area contributed by atoms with Gasteiger partial charge in [-0.15, -0.1) is 0 Å². The van der Waals surface area contributed by atoms with Gasteiger partial charge in [0.2, 0.25) is 0 Å². The third-order valence-corrected chi connectivity index (χ3v) is 2.25. The number of nitrogens with two attached hydrogens (primary N) is 1. The molecule has 3 heteroatoms. The van der Waals surface area contributed by atoms with E-state index in [0.29, 0.717) is 5.69 Å². The number of rotatable bonds is 2. The van der Waals surface area contributed by atoms with Gasteiger partial charge in [0.05, 0.1) is 0 Å². The number of nitrogens with zero attached hydrogens (tertiary/aromatic N) is 1. The van der Waals surface area contributed by atoms with Gasteiger partial charge in [0, 0.05) is 23.6 Å². The number of nitrogen functional groups attached to an aromatic ring is 1. The summed E-state index contributed by atoms with van der Waals surface area (Å²) in [5.74, 6) is 0. The number of aliphatic hydroxyl groups is 1. The Morgan fingerprint density at radius 1 is 1.07 bits per heavy atom. The summed E-state index contributed by atoms with van der Waals surface area (Å²) in [6.45, 7) is 0. The number of pyridine rings is 1. The number of hydrogen-bond acceptors (Lipinski definition) is 3. The molecule has 0 saturated carbocycles. The van der Waals surface area contributed by atoms with E-state index < -0.39 is 6.10 Å². The van der Waals surface area contributed by atoms with Gasteiger partial charge in [-0.25, -0.2) is 0 Å². The zero-order valence-corrected chi connectivity index (χ0v) is 8.17. The van der Waals surface area contributed by atoms with Crippen LogP contribution in [0.5, 0.6) is 0 Å². The van der Waals surface area contributed by atoms with Gasteiger partial charge in [-0.3, -0.25) is 4.98 Å². The lowest BCUT2D eigenvalue weighted by molar-refractivity contribution is 0.220. The predicted octanol–water partition coefficient (Wildman–Crippen LogP) is 1.75. The van der Waals surface area contributed by atoms with E-state index in [1.807, 2.05) is 18.2 Å². The minimum atomic E-state index is -0.640. The van der Waals surface area contributed by atoms with Crippen molar-refractivity contribution in [3.63, 3.8) is 0 Å². The van der Waals surface area contributed by atoms with Crippen LogP contribution in [-0.2, 0) is 0 Å². The summed E-state index contributed by atoms with van der Waals surface area (Å²) in [6.07, 6.45) is 2.69. The van der Waals surface area contributed by atoms with E-state index in [1.165, 1.54) is 0 Å². The first-order valence-corrected chi connectivity index (χ1v) is 4.71. The molecule has 3 nitrogen and oxygen atoms in total. The Balaban J connectivity index is 2.29. The van der Waals surface area contributed by atoms with Crippen molar-refractivity contribution in [3.8, 4) is 0 Å². The van der Waals surface area contributed by atoms with Crippen LogP contribution >= 0.6 is 0 Å². The fraction of sp³-hybridized carbons (Fsp3) is 0.0833. The van der Waals surface area contributed by atoms with Crippen LogP contribution in [0.15, 0.2) is 48.8 Å². The number of benzene rings is 1. The zero-order chi connectivity index (χ0) is 10.7. The first-order valence-electron chi connectivity index (χ1n) is 4.71. The third-order valence-electron chi connectivity index (χ3n) is 2.25. The average Bonchev–Trinajstić information content (AvgIpc) is 2.30. The van der Waals surface area contributed by atoms with E-state index in [9.17, 15) is 5.11 Å². The summed E-state index contributed by atoms with van der Waals surface area (Å²) in [7, 11) is 0. The molecule has 1 heterocycles. The lowest BCUT2D eigenvalue weighted by Gasteiger charge is -2.10. The molecule has 0 amide bonds. The molecule has 76 valence electrons. The smallest absolute Gasteiger partial charge is 0.106 e. The Bertz CT molecular complexity index is 425. The first-order chi connectivity index (χ1) is 7.27. The van der Waals surface area contributed by atoms with Crippen LogP contribution in [0.25, 0.3) is 0 Å². The zero-order valence-electron chi connectivity index (χ0n) is 8.17. The molecule has 0 aliphatic rings. The van der Waals surface area contributed by atoms with Gasteiger partial charge in [0.1, 0.15) is 6.10 Å².